The van der Waals surface area contributed by atoms with Crippen LogP contribution in [0, 0.1) is 13.8 Å². The second-order valence-electron chi connectivity index (χ2n) is 7.27. The SMILES string of the molecule is Cc1cc(C(F)(F)F)c2c([C@@H]3CCCN(Cc4cnc(C)nc4)C3)noc2n1. The molecule has 0 N–H and O–H groups in total. The molecule has 148 valence electrons. The van der Waals surface area contributed by atoms with Crippen molar-refractivity contribution in [2.24, 2.45) is 0 Å². The number of aromatic nitrogens is 4. The van der Waals surface area contributed by atoms with Gasteiger partial charge < -0.3 is 4.52 Å². The van der Waals surface area contributed by atoms with Crippen LogP contribution in [0.1, 0.15) is 47.1 Å². The van der Waals surface area contributed by atoms with Crippen molar-refractivity contribution < 1.29 is 17.7 Å². The van der Waals surface area contributed by atoms with E-state index in [-0.39, 0.29) is 22.7 Å². The molecule has 4 rings (SSSR count). The Morgan fingerprint density at radius 3 is 2.68 bits per heavy atom. The lowest BCUT2D eigenvalue weighted by Crippen LogP contribution is -2.34. The van der Waals surface area contributed by atoms with E-state index in [1.165, 1.54) is 6.92 Å². The summed E-state index contributed by atoms with van der Waals surface area (Å²) in [5.74, 6) is 0.559. The third-order valence-electron chi connectivity index (χ3n) is 5.04. The van der Waals surface area contributed by atoms with Crippen LogP contribution < -0.4 is 0 Å². The normalized spacial score (nSPS) is 18.7. The second kappa shape index (κ2) is 7.12. The number of aryl methyl sites for hydroxylation is 2. The number of fused-ring (bicyclic) bond motifs is 1. The largest absolute Gasteiger partial charge is 0.417 e. The van der Waals surface area contributed by atoms with Crippen LogP contribution >= 0.6 is 0 Å². The predicted octanol–water partition coefficient (Wildman–Crippen LogP) is 4.03. The smallest absolute Gasteiger partial charge is 0.336 e. The third kappa shape index (κ3) is 3.71. The molecule has 1 aliphatic rings. The molecule has 6 nitrogen and oxygen atoms in total. The number of hydrogen-bond donors (Lipinski definition) is 0. The van der Waals surface area contributed by atoms with Gasteiger partial charge in [-0.05, 0) is 39.3 Å². The summed E-state index contributed by atoms with van der Waals surface area (Å²) in [4.78, 5) is 14.7. The average Bonchev–Trinajstić information content (AvgIpc) is 3.06. The number of piperidine rings is 1. The Morgan fingerprint density at radius 2 is 1.96 bits per heavy atom. The van der Waals surface area contributed by atoms with Gasteiger partial charge in [0.2, 0.25) is 0 Å². The number of rotatable bonds is 3. The molecule has 0 saturated carbocycles. The van der Waals surface area contributed by atoms with Gasteiger partial charge >= 0.3 is 6.18 Å². The van der Waals surface area contributed by atoms with Crippen LogP contribution in [0.4, 0.5) is 13.2 Å². The van der Waals surface area contributed by atoms with Crippen molar-refractivity contribution in [3.63, 3.8) is 0 Å². The minimum Gasteiger partial charge on any atom is -0.336 e. The summed E-state index contributed by atoms with van der Waals surface area (Å²) < 4.78 is 46.0. The molecular formula is C19H20F3N5O. The number of alkyl halides is 3. The lowest BCUT2D eigenvalue weighted by atomic mass is 9.91. The minimum absolute atomic E-state index is 0.0105. The zero-order valence-electron chi connectivity index (χ0n) is 15.6. The van der Waals surface area contributed by atoms with E-state index in [1.807, 2.05) is 6.92 Å². The molecule has 0 aliphatic carbocycles. The van der Waals surface area contributed by atoms with Gasteiger partial charge in [-0.1, -0.05) is 5.16 Å². The molecule has 0 radical (unpaired) electrons. The fraction of sp³-hybridized carbons (Fsp3) is 0.474. The molecule has 28 heavy (non-hydrogen) atoms. The summed E-state index contributed by atoms with van der Waals surface area (Å²) in [6.07, 6.45) is 0.706. The molecular weight excluding hydrogens is 371 g/mol. The highest BCUT2D eigenvalue weighted by Gasteiger charge is 2.37. The van der Waals surface area contributed by atoms with E-state index >= 15 is 0 Å². The zero-order valence-corrected chi connectivity index (χ0v) is 15.6. The van der Waals surface area contributed by atoms with Gasteiger partial charge in [0, 0.05) is 42.7 Å². The first-order chi connectivity index (χ1) is 13.3. The number of halogens is 3. The number of pyridine rings is 1. The van der Waals surface area contributed by atoms with Crippen molar-refractivity contribution in [2.75, 3.05) is 13.1 Å². The van der Waals surface area contributed by atoms with Crippen LogP contribution in [-0.4, -0.2) is 38.1 Å². The van der Waals surface area contributed by atoms with Gasteiger partial charge in [0.25, 0.3) is 5.71 Å². The molecule has 1 atom stereocenters. The lowest BCUT2D eigenvalue weighted by molar-refractivity contribution is -0.136. The van der Waals surface area contributed by atoms with Gasteiger partial charge in [-0.3, -0.25) is 4.90 Å². The topological polar surface area (TPSA) is 67.9 Å². The quantitative estimate of drug-likeness (QED) is 0.672. The van der Waals surface area contributed by atoms with Crippen LogP contribution in [0.3, 0.4) is 0 Å². The highest BCUT2D eigenvalue weighted by atomic mass is 19.4. The number of likely N-dealkylation sites (tertiary alicyclic amines) is 1. The minimum atomic E-state index is -4.49. The van der Waals surface area contributed by atoms with Crippen LogP contribution in [0.5, 0.6) is 0 Å². The van der Waals surface area contributed by atoms with E-state index in [4.69, 9.17) is 4.52 Å². The highest BCUT2D eigenvalue weighted by Crippen LogP contribution is 2.40. The second-order valence-corrected chi connectivity index (χ2v) is 7.27. The maximum Gasteiger partial charge on any atom is 0.417 e. The molecule has 0 aromatic carbocycles. The van der Waals surface area contributed by atoms with Gasteiger partial charge in [-0.2, -0.15) is 13.2 Å². The van der Waals surface area contributed by atoms with E-state index in [9.17, 15) is 13.2 Å². The Morgan fingerprint density at radius 1 is 1.21 bits per heavy atom. The molecule has 0 spiro atoms. The van der Waals surface area contributed by atoms with Crippen molar-refractivity contribution in [1.82, 2.24) is 25.0 Å². The van der Waals surface area contributed by atoms with Crippen molar-refractivity contribution in [1.29, 1.82) is 0 Å². The van der Waals surface area contributed by atoms with Gasteiger partial charge in [-0.25, -0.2) is 15.0 Å². The lowest BCUT2D eigenvalue weighted by Gasteiger charge is -2.31. The molecule has 0 unspecified atom stereocenters. The highest BCUT2D eigenvalue weighted by molar-refractivity contribution is 5.81. The van der Waals surface area contributed by atoms with E-state index in [1.54, 1.807) is 12.4 Å². The maximum atomic E-state index is 13.6. The van der Waals surface area contributed by atoms with Crippen molar-refractivity contribution in [2.45, 2.75) is 45.3 Å². The Bertz CT molecular complexity index is 984. The van der Waals surface area contributed by atoms with Crippen LogP contribution in [0.15, 0.2) is 23.0 Å². The summed E-state index contributed by atoms with van der Waals surface area (Å²) in [6, 6.07) is 1.06. The zero-order chi connectivity index (χ0) is 19.9. The molecule has 9 heteroatoms. The molecule has 0 amide bonds. The Hall–Kier alpha value is -2.55. The Kier molecular flexibility index (Phi) is 4.78. The summed E-state index contributed by atoms with van der Waals surface area (Å²) in [6.45, 7) is 5.45. The molecule has 3 aromatic heterocycles. The fourth-order valence-electron chi connectivity index (χ4n) is 3.78. The molecule has 1 fully saturated rings. The van der Waals surface area contributed by atoms with E-state index in [2.05, 4.69) is 25.0 Å². The Labute approximate surface area is 159 Å². The predicted molar refractivity (Wildman–Crippen MR) is 95.6 cm³/mol. The first-order valence-electron chi connectivity index (χ1n) is 9.15. The summed E-state index contributed by atoms with van der Waals surface area (Å²) in [5, 5.41) is 3.99. The molecule has 4 heterocycles. The average molecular weight is 391 g/mol. The van der Waals surface area contributed by atoms with Gasteiger partial charge in [-0.15, -0.1) is 0 Å². The summed E-state index contributed by atoms with van der Waals surface area (Å²) >= 11 is 0. The van der Waals surface area contributed by atoms with Gasteiger partial charge in [0.15, 0.2) is 0 Å². The van der Waals surface area contributed by atoms with Crippen molar-refractivity contribution >= 4 is 11.1 Å². The number of nitrogens with zero attached hydrogens (tertiary/aromatic N) is 5. The van der Waals surface area contributed by atoms with Crippen LogP contribution in [-0.2, 0) is 12.7 Å². The standard InChI is InChI=1S/C19H20F3N5O/c1-11-6-15(19(20,21)22)16-17(26-28-18(16)25-11)14-4-3-5-27(10-14)9-13-7-23-12(2)24-8-13/h6-8,14H,3-5,9-10H2,1-2H3/t14-/m1/s1. The number of hydrogen-bond acceptors (Lipinski definition) is 6. The first kappa shape index (κ1) is 18.8. The van der Waals surface area contributed by atoms with Crippen LogP contribution in [0.25, 0.3) is 11.1 Å². The van der Waals surface area contributed by atoms with E-state index < -0.39 is 11.7 Å². The van der Waals surface area contributed by atoms with Crippen molar-refractivity contribution in [3.8, 4) is 0 Å². The van der Waals surface area contributed by atoms with Crippen molar-refractivity contribution in [3.05, 3.63) is 46.8 Å². The molecule has 1 aliphatic heterocycles. The fourth-order valence-corrected chi connectivity index (χ4v) is 3.78. The van der Waals surface area contributed by atoms with Crippen LogP contribution in [0.2, 0.25) is 0 Å². The monoisotopic (exact) mass is 391 g/mol. The molecule has 1 saturated heterocycles. The van der Waals surface area contributed by atoms with E-state index in [0.717, 1.165) is 31.0 Å². The maximum absolute atomic E-state index is 13.6. The van der Waals surface area contributed by atoms with Gasteiger partial charge in [0.1, 0.15) is 5.82 Å². The Balaban J connectivity index is 1.63. The first-order valence-corrected chi connectivity index (χ1v) is 9.15. The molecule has 0 bridgehead atoms. The van der Waals surface area contributed by atoms with Gasteiger partial charge in [0.05, 0.1) is 16.6 Å². The van der Waals surface area contributed by atoms with E-state index in [0.29, 0.717) is 24.6 Å². The third-order valence-corrected chi connectivity index (χ3v) is 5.04. The summed E-state index contributed by atoms with van der Waals surface area (Å²) in [5.41, 5.74) is 0.804. The molecule has 3 aromatic rings. The summed E-state index contributed by atoms with van der Waals surface area (Å²) in [7, 11) is 0.